The lowest BCUT2D eigenvalue weighted by Gasteiger charge is -2.10. The first-order valence-electron chi connectivity index (χ1n) is 5.44. The molecule has 0 aromatic heterocycles. The molecule has 5 heteroatoms. The van der Waals surface area contributed by atoms with Crippen molar-refractivity contribution in [3.8, 4) is 0 Å². The zero-order valence-electron chi connectivity index (χ0n) is 9.46. The van der Waals surface area contributed by atoms with Gasteiger partial charge in [-0.05, 0) is 12.5 Å². The fraction of sp³-hybridized carbons (Fsp3) is 0.333. The molecule has 1 unspecified atom stereocenters. The van der Waals surface area contributed by atoms with E-state index in [1.165, 1.54) is 0 Å². The standard InChI is InChI=1S/C12H13NO4/c1-2-16-12(14)10-8-11(17-13(10)15)9-6-4-3-5-7-9/h3-7,11H,2,8H2,1H3. The molecule has 0 N–H and O–H groups in total. The molecular weight excluding hydrogens is 222 g/mol. The Bertz CT molecular complexity index is 441. The lowest BCUT2D eigenvalue weighted by molar-refractivity contribution is -0.742. The summed E-state index contributed by atoms with van der Waals surface area (Å²) in [6.07, 6.45) is -0.167. The summed E-state index contributed by atoms with van der Waals surface area (Å²) in [5, 5.41) is 11.4. The predicted octanol–water partition coefficient (Wildman–Crippen LogP) is 1.58. The van der Waals surface area contributed by atoms with Crippen molar-refractivity contribution in [3.05, 3.63) is 41.1 Å². The number of benzene rings is 1. The molecule has 1 aliphatic heterocycles. The van der Waals surface area contributed by atoms with E-state index in [0.29, 0.717) is 0 Å². The second kappa shape index (κ2) is 4.86. The summed E-state index contributed by atoms with van der Waals surface area (Å²) in [6.45, 7) is 1.93. The van der Waals surface area contributed by atoms with Gasteiger partial charge in [0.1, 0.15) is 6.10 Å². The molecule has 0 fully saturated rings. The minimum Gasteiger partial charge on any atom is -0.458 e. The highest BCUT2D eigenvalue weighted by molar-refractivity contribution is 6.34. The molecule has 0 bridgehead atoms. The highest BCUT2D eigenvalue weighted by Crippen LogP contribution is 2.26. The fourth-order valence-corrected chi connectivity index (χ4v) is 1.69. The highest BCUT2D eigenvalue weighted by Gasteiger charge is 2.35. The van der Waals surface area contributed by atoms with Crippen LogP contribution in [0.1, 0.15) is 25.0 Å². The summed E-state index contributed by atoms with van der Waals surface area (Å²) in [4.78, 5) is 16.8. The maximum Gasteiger partial charge on any atom is 0.405 e. The van der Waals surface area contributed by atoms with Crippen LogP contribution in [0.5, 0.6) is 0 Å². The average Bonchev–Trinajstić information content (AvgIpc) is 2.73. The molecule has 5 nitrogen and oxygen atoms in total. The number of hydrogen-bond acceptors (Lipinski definition) is 4. The number of rotatable bonds is 3. The van der Waals surface area contributed by atoms with Crippen LogP contribution < -0.4 is 0 Å². The van der Waals surface area contributed by atoms with Gasteiger partial charge < -0.3 is 9.57 Å². The third-order valence-corrected chi connectivity index (χ3v) is 2.50. The van der Waals surface area contributed by atoms with E-state index in [1.54, 1.807) is 6.92 Å². The Morgan fingerprint density at radius 1 is 1.53 bits per heavy atom. The normalized spacial score (nSPS) is 19.0. The van der Waals surface area contributed by atoms with Crippen molar-refractivity contribution >= 4 is 11.7 Å². The van der Waals surface area contributed by atoms with Crippen molar-refractivity contribution < 1.29 is 19.3 Å². The van der Waals surface area contributed by atoms with E-state index in [9.17, 15) is 10.0 Å². The summed E-state index contributed by atoms with van der Waals surface area (Å²) in [5.41, 5.74) is 0.883. The summed E-state index contributed by atoms with van der Waals surface area (Å²) < 4.78 is 4.78. The molecule has 1 heterocycles. The van der Waals surface area contributed by atoms with Gasteiger partial charge in [-0.2, -0.15) is 0 Å². The van der Waals surface area contributed by atoms with E-state index in [4.69, 9.17) is 9.57 Å². The van der Waals surface area contributed by atoms with Gasteiger partial charge in [-0.3, -0.25) is 5.21 Å². The number of hydrogen-bond donors (Lipinski definition) is 0. The van der Waals surface area contributed by atoms with Crippen LogP contribution in [0.4, 0.5) is 0 Å². The van der Waals surface area contributed by atoms with Gasteiger partial charge in [-0.25, -0.2) is 4.79 Å². The first-order valence-corrected chi connectivity index (χ1v) is 5.44. The molecule has 1 aromatic carbocycles. The third-order valence-electron chi connectivity index (χ3n) is 2.50. The number of esters is 1. The minimum absolute atomic E-state index is 0.0145. The lowest BCUT2D eigenvalue weighted by atomic mass is 10.0. The monoisotopic (exact) mass is 235 g/mol. The average molecular weight is 235 g/mol. The molecular formula is C12H13NO4. The van der Waals surface area contributed by atoms with E-state index < -0.39 is 12.1 Å². The van der Waals surface area contributed by atoms with Gasteiger partial charge in [-0.15, -0.1) is 0 Å². The highest BCUT2D eigenvalue weighted by atomic mass is 16.9. The first-order chi connectivity index (χ1) is 8.22. The molecule has 90 valence electrons. The van der Waals surface area contributed by atoms with Gasteiger partial charge >= 0.3 is 11.7 Å². The molecule has 0 saturated heterocycles. The van der Waals surface area contributed by atoms with E-state index in [0.717, 1.165) is 5.56 Å². The fourth-order valence-electron chi connectivity index (χ4n) is 1.69. The number of nitrogens with zero attached hydrogens (tertiary/aromatic N) is 1. The van der Waals surface area contributed by atoms with Crippen LogP contribution in [-0.2, 0) is 14.4 Å². The minimum atomic E-state index is -0.610. The lowest BCUT2D eigenvalue weighted by Crippen LogP contribution is -2.21. The zero-order chi connectivity index (χ0) is 12.3. The van der Waals surface area contributed by atoms with Crippen molar-refractivity contribution in [1.29, 1.82) is 0 Å². The van der Waals surface area contributed by atoms with Crippen LogP contribution in [0.2, 0.25) is 0 Å². The molecule has 0 radical (unpaired) electrons. The van der Waals surface area contributed by atoms with E-state index in [2.05, 4.69) is 0 Å². The first kappa shape index (κ1) is 11.4. The van der Waals surface area contributed by atoms with Crippen molar-refractivity contribution in [2.24, 2.45) is 0 Å². The van der Waals surface area contributed by atoms with Gasteiger partial charge in [0.25, 0.3) is 0 Å². The Hall–Kier alpha value is -2.04. The maximum absolute atomic E-state index is 11.5. The second-order valence-electron chi connectivity index (χ2n) is 3.63. The summed E-state index contributed by atoms with van der Waals surface area (Å²) in [7, 11) is 0. The van der Waals surface area contributed by atoms with Gasteiger partial charge in [0.2, 0.25) is 0 Å². The Morgan fingerprint density at radius 2 is 2.24 bits per heavy atom. The van der Waals surface area contributed by atoms with Crippen molar-refractivity contribution in [3.63, 3.8) is 0 Å². The largest absolute Gasteiger partial charge is 0.458 e. The SMILES string of the molecule is CCOC(=O)C1=[N+]([O-])OC(c2ccccc2)C1. The summed E-state index contributed by atoms with van der Waals surface area (Å²) in [5.74, 6) is -0.610. The Labute approximate surface area is 98.8 Å². The third kappa shape index (κ3) is 2.38. The van der Waals surface area contributed by atoms with Gasteiger partial charge in [0.15, 0.2) is 0 Å². The molecule has 1 aliphatic rings. The topological polar surface area (TPSA) is 61.6 Å². The van der Waals surface area contributed by atoms with Crippen LogP contribution in [0, 0.1) is 5.21 Å². The molecule has 0 spiro atoms. The molecule has 1 aromatic rings. The summed E-state index contributed by atoms with van der Waals surface area (Å²) >= 11 is 0. The maximum atomic E-state index is 11.5. The zero-order valence-corrected chi connectivity index (χ0v) is 9.46. The number of carbonyl (C=O) groups excluding carboxylic acids is 1. The molecule has 0 aliphatic carbocycles. The molecule has 1 atom stereocenters. The quantitative estimate of drug-likeness (QED) is 0.589. The Balaban J connectivity index is 2.09. The van der Waals surface area contributed by atoms with E-state index in [1.807, 2.05) is 30.3 Å². The van der Waals surface area contributed by atoms with E-state index in [-0.39, 0.29) is 23.6 Å². The van der Waals surface area contributed by atoms with Crippen LogP contribution in [0.15, 0.2) is 30.3 Å². The Morgan fingerprint density at radius 3 is 2.88 bits per heavy atom. The summed E-state index contributed by atoms with van der Waals surface area (Å²) in [6, 6.07) is 9.30. The van der Waals surface area contributed by atoms with Crippen molar-refractivity contribution in [2.45, 2.75) is 19.4 Å². The van der Waals surface area contributed by atoms with Crippen molar-refractivity contribution in [2.75, 3.05) is 6.61 Å². The van der Waals surface area contributed by atoms with E-state index >= 15 is 0 Å². The smallest absolute Gasteiger partial charge is 0.405 e. The second-order valence-corrected chi connectivity index (χ2v) is 3.63. The Kier molecular flexibility index (Phi) is 3.27. The van der Waals surface area contributed by atoms with Crippen LogP contribution in [0.25, 0.3) is 0 Å². The van der Waals surface area contributed by atoms with Crippen LogP contribution in [0.3, 0.4) is 0 Å². The number of ether oxygens (including phenoxy) is 1. The predicted molar refractivity (Wildman–Crippen MR) is 60.2 cm³/mol. The van der Waals surface area contributed by atoms with Gasteiger partial charge in [-0.1, -0.05) is 30.3 Å². The van der Waals surface area contributed by atoms with Crippen molar-refractivity contribution in [1.82, 2.24) is 0 Å². The van der Waals surface area contributed by atoms with Gasteiger partial charge in [0, 0.05) is 4.90 Å². The molecule has 0 saturated carbocycles. The molecule has 2 rings (SSSR count). The molecule has 17 heavy (non-hydrogen) atoms. The number of carbonyl (C=O) groups is 1. The molecule has 0 amide bonds. The van der Waals surface area contributed by atoms with Crippen LogP contribution >= 0.6 is 0 Å². The van der Waals surface area contributed by atoms with Crippen LogP contribution in [-0.4, -0.2) is 23.2 Å². The van der Waals surface area contributed by atoms with Gasteiger partial charge in [0.05, 0.1) is 13.0 Å².